The molecule has 2 aliphatic rings. The van der Waals surface area contributed by atoms with Crippen LogP contribution in [-0.4, -0.2) is 18.3 Å². The average molecular weight is 262 g/mol. The first-order chi connectivity index (χ1) is 8.80. The van der Waals surface area contributed by atoms with Gasteiger partial charge in [-0.05, 0) is 58.1 Å². The van der Waals surface area contributed by atoms with Crippen molar-refractivity contribution in [2.45, 2.75) is 57.7 Å². The van der Waals surface area contributed by atoms with E-state index in [1.165, 1.54) is 12.8 Å². The van der Waals surface area contributed by atoms with Crippen LogP contribution in [-0.2, 0) is 9.31 Å². The van der Waals surface area contributed by atoms with Crippen molar-refractivity contribution in [1.82, 2.24) is 0 Å². The molecule has 1 aromatic carbocycles. The Labute approximate surface area is 114 Å². The van der Waals surface area contributed by atoms with Gasteiger partial charge in [-0.25, -0.2) is 4.39 Å². The van der Waals surface area contributed by atoms with Gasteiger partial charge in [0.2, 0.25) is 0 Å². The number of halogens is 1. The van der Waals surface area contributed by atoms with Crippen LogP contribution >= 0.6 is 0 Å². The van der Waals surface area contributed by atoms with Gasteiger partial charge < -0.3 is 9.31 Å². The lowest BCUT2D eigenvalue weighted by Crippen LogP contribution is -2.41. The quantitative estimate of drug-likeness (QED) is 0.763. The fourth-order valence-electron chi connectivity index (χ4n) is 2.38. The van der Waals surface area contributed by atoms with E-state index in [2.05, 4.69) is 0 Å². The summed E-state index contributed by atoms with van der Waals surface area (Å²) in [5.74, 6) is 0.338. The van der Waals surface area contributed by atoms with E-state index in [0.29, 0.717) is 11.4 Å². The molecule has 19 heavy (non-hydrogen) atoms. The van der Waals surface area contributed by atoms with Gasteiger partial charge in [-0.1, -0.05) is 12.1 Å². The average Bonchev–Trinajstić information content (AvgIpc) is 3.07. The minimum Gasteiger partial charge on any atom is -0.399 e. The summed E-state index contributed by atoms with van der Waals surface area (Å²) in [4.78, 5) is 0. The molecule has 0 bridgehead atoms. The maximum Gasteiger partial charge on any atom is 0.497 e. The Morgan fingerprint density at radius 2 is 1.68 bits per heavy atom. The van der Waals surface area contributed by atoms with Gasteiger partial charge in [0.25, 0.3) is 0 Å². The molecule has 0 amide bonds. The lowest BCUT2D eigenvalue weighted by molar-refractivity contribution is 0.00578. The molecule has 2 nitrogen and oxygen atoms in total. The Balaban J connectivity index is 1.87. The fourth-order valence-corrected chi connectivity index (χ4v) is 2.38. The van der Waals surface area contributed by atoms with Crippen molar-refractivity contribution in [2.24, 2.45) is 0 Å². The molecular weight excluding hydrogens is 242 g/mol. The monoisotopic (exact) mass is 262 g/mol. The third-order valence-corrected chi connectivity index (χ3v) is 4.58. The highest BCUT2D eigenvalue weighted by Gasteiger charge is 2.52. The third-order valence-electron chi connectivity index (χ3n) is 4.58. The maximum atomic E-state index is 14.2. The Bertz CT molecular complexity index is 493. The summed E-state index contributed by atoms with van der Waals surface area (Å²) in [6.07, 6.45) is 2.35. The molecule has 0 radical (unpaired) electrons. The standard InChI is InChI=1S/C15H20BFO2/c1-14(2)15(3,4)19-16(18-14)12-8-7-11(9-13(12)17)10-5-6-10/h7-10H,5-6H2,1-4H3. The zero-order chi connectivity index (χ0) is 13.8. The van der Waals surface area contributed by atoms with Gasteiger partial charge >= 0.3 is 7.12 Å². The van der Waals surface area contributed by atoms with Gasteiger partial charge in [-0.2, -0.15) is 0 Å². The van der Waals surface area contributed by atoms with Crippen molar-refractivity contribution in [3.05, 3.63) is 29.6 Å². The largest absolute Gasteiger partial charge is 0.497 e. The summed E-state index contributed by atoms with van der Waals surface area (Å²) in [6, 6.07) is 5.45. The van der Waals surface area contributed by atoms with E-state index in [4.69, 9.17) is 9.31 Å². The summed E-state index contributed by atoms with van der Waals surface area (Å²) in [6.45, 7) is 7.90. The highest BCUT2D eigenvalue weighted by Crippen LogP contribution is 2.40. The molecule has 0 N–H and O–H groups in total. The fraction of sp³-hybridized carbons (Fsp3) is 0.600. The normalized spacial score (nSPS) is 24.8. The summed E-state index contributed by atoms with van der Waals surface area (Å²) in [7, 11) is -0.613. The summed E-state index contributed by atoms with van der Waals surface area (Å²) < 4.78 is 26.0. The van der Waals surface area contributed by atoms with Crippen LogP contribution < -0.4 is 5.46 Å². The summed E-state index contributed by atoms with van der Waals surface area (Å²) in [5, 5.41) is 0. The number of rotatable bonds is 2. The molecular formula is C15H20BFO2. The van der Waals surface area contributed by atoms with Crippen molar-refractivity contribution >= 4 is 12.6 Å². The van der Waals surface area contributed by atoms with E-state index >= 15 is 0 Å². The SMILES string of the molecule is CC1(C)OB(c2ccc(C3CC3)cc2F)OC1(C)C. The van der Waals surface area contributed by atoms with Gasteiger partial charge in [0, 0.05) is 5.46 Å². The second kappa shape index (κ2) is 4.06. The second-order valence-corrected chi connectivity index (χ2v) is 6.64. The van der Waals surface area contributed by atoms with Gasteiger partial charge in [0.05, 0.1) is 11.2 Å². The van der Waals surface area contributed by atoms with Gasteiger partial charge in [0.1, 0.15) is 5.82 Å². The zero-order valence-electron chi connectivity index (χ0n) is 12.0. The Kier molecular flexibility index (Phi) is 2.81. The Morgan fingerprint density at radius 3 is 2.16 bits per heavy atom. The zero-order valence-corrected chi connectivity index (χ0v) is 12.0. The highest BCUT2D eigenvalue weighted by atomic mass is 19.1. The van der Waals surface area contributed by atoms with Crippen LogP contribution in [0, 0.1) is 5.82 Å². The molecule has 2 fully saturated rings. The van der Waals surface area contributed by atoms with Crippen LogP contribution in [0.4, 0.5) is 4.39 Å². The van der Waals surface area contributed by atoms with Crippen LogP contribution in [0.25, 0.3) is 0 Å². The van der Waals surface area contributed by atoms with Crippen molar-refractivity contribution < 1.29 is 13.7 Å². The van der Waals surface area contributed by atoms with E-state index < -0.39 is 18.3 Å². The highest BCUT2D eigenvalue weighted by molar-refractivity contribution is 6.62. The molecule has 4 heteroatoms. The van der Waals surface area contributed by atoms with E-state index in [1.807, 2.05) is 39.8 Å². The van der Waals surface area contributed by atoms with Crippen LogP contribution in [0.3, 0.4) is 0 Å². The minimum atomic E-state index is -0.613. The first kappa shape index (κ1) is 13.1. The number of hydrogen-bond acceptors (Lipinski definition) is 2. The molecule has 0 spiro atoms. The molecule has 3 rings (SSSR count). The summed E-state index contributed by atoms with van der Waals surface area (Å²) in [5.41, 5.74) is 0.735. The Hall–Kier alpha value is -0.865. The molecule has 1 aliphatic heterocycles. The molecule has 1 aliphatic carbocycles. The van der Waals surface area contributed by atoms with Crippen molar-refractivity contribution in [3.63, 3.8) is 0 Å². The van der Waals surface area contributed by atoms with E-state index in [9.17, 15) is 4.39 Å². The predicted octanol–water partition coefficient (Wildman–Crippen LogP) is 3.00. The van der Waals surface area contributed by atoms with Crippen LogP contribution in [0.15, 0.2) is 18.2 Å². The van der Waals surface area contributed by atoms with Crippen LogP contribution in [0.2, 0.25) is 0 Å². The smallest absolute Gasteiger partial charge is 0.399 e. The van der Waals surface area contributed by atoms with E-state index in [-0.39, 0.29) is 5.82 Å². The van der Waals surface area contributed by atoms with Crippen LogP contribution in [0.5, 0.6) is 0 Å². The number of hydrogen-bond donors (Lipinski definition) is 0. The molecule has 0 aromatic heterocycles. The second-order valence-electron chi connectivity index (χ2n) is 6.64. The summed E-state index contributed by atoms with van der Waals surface area (Å²) >= 11 is 0. The van der Waals surface area contributed by atoms with Crippen molar-refractivity contribution in [1.29, 1.82) is 0 Å². The van der Waals surface area contributed by atoms with E-state index in [1.54, 1.807) is 6.07 Å². The first-order valence-electron chi connectivity index (χ1n) is 6.95. The molecule has 0 unspecified atom stereocenters. The topological polar surface area (TPSA) is 18.5 Å². The minimum absolute atomic E-state index is 0.220. The lowest BCUT2D eigenvalue weighted by atomic mass is 9.78. The predicted molar refractivity (Wildman–Crippen MR) is 74.1 cm³/mol. The number of benzene rings is 1. The molecule has 1 heterocycles. The van der Waals surface area contributed by atoms with Crippen molar-refractivity contribution in [2.75, 3.05) is 0 Å². The molecule has 102 valence electrons. The Morgan fingerprint density at radius 1 is 1.11 bits per heavy atom. The molecule has 1 saturated heterocycles. The molecule has 0 atom stereocenters. The van der Waals surface area contributed by atoms with Crippen molar-refractivity contribution in [3.8, 4) is 0 Å². The van der Waals surface area contributed by atoms with Crippen LogP contribution in [0.1, 0.15) is 52.0 Å². The van der Waals surface area contributed by atoms with Gasteiger partial charge in [-0.3, -0.25) is 0 Å². The lowest BCUT2D eigenvalue weighted by Gasteiger charge is -2.32. The third kappa shape index (κ3) is 2.21. The van der Waals surface area contributed by atoms with E-state index in [0.717, 1.165) is 5.56 Å². The van der Waals surface area contributed by atoms with Gasteiger partial charge in [-0.15, -0.1) is 0 Å². The molecule has 1 aromatic rings. The maximum absolute atomic E-state index is 14.2. The first-order valence-corrected chi connectivity index (χ1v) is 6.95. The molecule has 1 saturated carbocycles. The van der Waals surface area contributed by atoms with Gasteiger partial charge in [0.15, 0.2) is 0 Å².